The van der Waals surface area contributed by atoms with E-state index in [4.69, 9.17) is 0 Å². The van der Waals surface area contributed by atoms with Crippen LogP contribution in [0.4, 0.5) is 0 Å². The van der Waals surface area contributed by atoms with Crippen molar-refractivity contribution in [3.63, 3.8) is 0 Å². The third kappa shape index (κ3) is 17.7. The molecule has 0 aliphatic heterocycles. The molecule has 0 spiro atoms. The van der Waals surface area contributed by atoms with E-state index >= 15 is 0 Å². The van der Waals surface area contributed by atoms with Crippen LogP contribution in [0.15, 0.2) is 12.8 Å². The van der Waals surface area contributed by atoms with E-state index in [9.17, 15) is 14.7 Å². The van der Waals surface area contributed by atoms with Gasteiger partial charge in [0.1, 0.15) is 0 Å². The minimum absolute atomic E-state index is 0. The first kappa shape index (κ1) is 21.0. The summed E-state index contributed by atoms with van der Waals surface area (Å²) in [6.45, 7) is 3.32. The average Bonchev–Trinajstić information content (AvgIpc) is 2.31. The summed E-state index contributed by atoms with van der Waals surface area (Å²) in [5, 5.41) is 10.2. The normalized spacial score (nSPS) is 9.47. The Balaban J connectivity index is 0. The van der Waals surface area contributed by atoms with Crippen LogP contribution in [0.1, 0.15) is 64.2 Å². The summed E-state index contributed by atoms with van der Waals surface area (Å²) in [5.41, 5.74) is 0. The molecule has 0 aromatic rings. The first-order valence-corrected chi connectivity index (χ1v) is 6.67. The zero-order valence-corrected chi connectivity index (χ0v) is 14.0. The molecule has 0 saturated heterocycles. The van der Waals surface area contributed by atoms with Crippen molar-refractivity contribution in [3.8, 4) is 0 Å². The van der Waals surface area contributed by atoms with Gasteiger partial charge in [-0.25, -0.2) is 0 Å². The number of hydrogen-bond donors (Lipinski definition) is 0. The summed E-state index contributed by atoms with van der Waals surface area (Å²) >= 11 is 0. The zero-order valence-electron chi connectivity index (χ0n) is 12.0. The fraction of sp³-hybridized carbons (Fsp3) is 0.714. The number of rotatable bonds is 12. The summed E-state index contributed by atoms with van der Waals surface area (Å²) in [6, 6.07) is 0. The predicted octanol–water partition coefficient (Wildman–Crippen LogP) is -0.672. The van der Waals surface area contributed by atoms with E-state index in [1.807, 2.05) is 0 Å². The fourth-order valence-electron chi connectivity index (χ4n) is 1.75. The van der Waals surface area contributed by atoms with Crippen LogP contribution in [-0.4, -0.2) is 11.9 Å². The van der Waals surface area contributed by atoms with Gasteiger partial charge >= 0.3 is 35.5 Å². The summed E-state index contributed by atoms with van der Waals surface area (Å²) in [4.78, 5) is 21.1. The quantitative estimate of drug-likeness (QED) is 0.205. The summed E-state index contributed by atoms with van der Waals surface area (Å²) in [6.07, 6.45) is 9.82. The molecule has 19 heavy (non-hydrogen) atoms. The molecule has 0 aliphatic carbocycles. The van der Waals surface area contributed by atoms with Crippen LogP contribution in [0.5, 0.6) is 0 Å². The molecule has 0 bridgehead atoms. The molecule has 0 heterocycles. The molecule has 0 fully saturated rings. The Kier molecular flexibility index (Phi) is 17.4. The Hall–Kier alpha value is -0.320. The first-order chi connectivity index (χ1) is 8.66. The predicted molar refractivity (Wildman–Crippen MR) is 67.5 cm³/mol. The SMILES string of the molecule is C=COC(=O)CCCCCCCCCCC(=O)[O-].[Na+]. The number of carbonyl (C=O) groups excluding carboxylic acids is 2. The van der Waals surface area contributed by atoms with E-state index in [1.165, 1.54) is 0 Å². The van der Waals surface area contributed by atoms with Crippen molar-refractivity contribution in [2.75, 3.05) is 0 Å². The van der Waals surface area contributed by atoms with Gasteiger partial charge in [-0.05, 0) is 19.3 Å². The number of carboxylic acids is 1. The van der Waals surface area contributed by atoms with E-state index in [2.05, 4.69) is 11.3 Å². The number of carboxylic acid groups (broad SMARTS) is 1. The second-order valence-electron chi connectivity index (χ2n) is 4.36. The first-order valence-electron chi connectivity index (χ1n) is 6.67. The molecule has 0 N–H and O–H groups in total. The number of carbonyl (C=O) groups is 2. The number of hydrogen-bond acceptors (Lipinski definition) is 4. The standard InChI is InChI=1S/C14H24O4.Na/c1-2-18-14(17)12-10-8-6-4-3-5-7-9-11-13(15)16;/h2H,1,3-12H2,(H,15,16);/q;+1/p-1. The average molecular weight is 278 g/mol. The van der Waals surface area contributed by atoms with E-state index in [-0.39, 0.29) is 41.9 Å². The molecule has 104 valence electrons. The van der Waals surface area contributed by atoms with Gasteiger partial charge in [-0.3, -0.25) is 4.79 Å². The van der Waals surface area contributed by atoms with Crippen molar-refractivity contribution in [2.24, 2.45) is 0 Å². The second-order valence-corrected chi connectivity index (χ2v) is 4.36. The Morgan fingerprint density at radius 3 is 1.74 bits per heavy atom. The molecule has 0 saturated carbocycles. The summed E-state index contributed by atoms with van der Waals surface area (Å²) < 4.78 is 4.61. The van der Waals surface area contributed by atoms with Gasteiger partial charge in [0.05, 0.1) is 6.26 Å². The molecule has 0 unspecified atom stereocenters. The van der Waals surface area contributed by atoms with Gasteiger partial charge in [0.25, 0.3) is 0 Å². The second kappa shape index (κ2) is 15.7. The largest absolute Gasteiger partial charge is 1.00 e. The Morgan fingerprint density at radius 1 is 0.895 bits per heavy atom. The molecule has 0 radical (unpaired) electrons. The minimum atomic E-state index is -0.957. The monoisotopic (exact) mass is 278 g/mol. The van der Waals surface area contributed by atoms with Gasteiger partial charge in [-0.15, -0.1) is 0 Å². The third-order valence-corrected chi connectivity index (χ3v) is 2.73. The van der Waals surface area contributed by atoms with Crippen molar-refractivity contribution in [1.29, 1.82) is 0 Å². The smallest absolute Gasteiger partial charge is 0.550 e. The number of aliphatic carboxylic acids is 1. The van der Waals surface area contributed by atoms with Crippen molar-refractivity contribution in [3.05, 3.63) is 12.8 Å². The van der Waals surface area contributed by atoms with Crippen LogP contribution in [-0.2, 0) is 14.3 Å². The Bertz CT molecular complexity index is 254. The van der Waals surface area contributed by atoms with Crippen molar-refractivity contribution >= 4 is 11.9 Å². The van der Waals surface area contributed by atoms with E-state index in [0.717, 1.165) is 57.6 Å². The van der Waals surface area contributed by atoms with Gasteiger partial charge in [0, 0.05) is 12.4 Å². The molecule has 0 amide bonds. The summed E-state index contributed by atoms with van der Waals surface area (Å²) in [7, 11) is 0. The molecule has 0 aromatic carbocycles. The van der Waals surface area contributed by atoms with Crippen LogP contribution in [0.25, 0.3) is 0 Å². The maximum absolute atomic E-state index is 11.0. The van der Waals surface area contributed by atoms with Gasteiger partial charge in [0.15, 0.2) is 0 Å². The van der Waals surface area contributed by atoms with Crippen molar-refractivity contribution in [1.82, 2.24) is 0 Å². The topological polar surface area (TPSA) is 66.4 Å². The fourth-order valence-corrected chi connectivity index (χ4v) is 1.75. The van der Waals surface area contributed by atoms with Gasteiger partial charge in [0.2, 0.25) is 0 Å². The van der Waals surface area contributed by atoms with E-state index < -0.39 is 5.97 Å². The number of esters is 1. The molecular formula is C14H23NaO4. The Labute approximate surface area is 137 Å². The zero-order chi connectivity index (χ0) is 13.6. The molecule has 0 aliphatic rings. The maximum atomic E-state index is 11.0. The van der Waals surface area contributed by atoms with Crippen LogP contribution in [0.2, 0.25) is 0 Å². The van der Waals surface area contributed by atoms with Crippen LogP contribution in [0, 0.1) is 0 Å². The third-order valence-electron chi connectivity index (χ3n) is 2.73. The molecule has 0 rings (SSSR count). The minimum Gasteiger partial charge on any atom is -0.550 e. The molecule has 5 heteroatoms. The van der Waals surface area contributed by atoms with Gasteiger partial charge in [-0.1, -0.05) is 45.1 Å². The van der Waals surface area contributed by atoms with Gasteiger partial charge in [-0.2, -0.15) is 0 Å². The maximum Gasteiger partial charge on any atom is 1.00 e. The van der Waals surface area contributed by atoms with Gasteiger partial charge < -0.3 is 14.6 Å². The van der Waals surface area contributed by atoms with E-state index in [1.54, 1.807) is 0 Å². The van der Waals surface area contributed by atoms with E-state index in [0.29, 0.717) is 6.42 Å². The Morgan fingerprint density at radius 2 is 1.32 bits per heavy atom. The molecule has 4 nitrogen and oxygen atoms in total. The van der Waals surface area contributed by atoms with Crippen molar-refractivity contribution in [2.45, 2.75) is 64.2 Å². The van der Waals surface area contributed by atoms with Crippen LogP contribution < -0.4 is 34.7 Å². The van der Waals surface area contributed by atoms with Crippen LogP contribution >= 0.6 is 0 Å². The number of unbranched alkanes of at least 4 members (excludes halogenated alkanes) is 7. The summed E-state index contributed by atoms with van der Waals surface area (Å²) in [5.74, 6) is -1.17. The molecule has 0 aromatic heterocycles. The molecular weight excluding hydrogens is 255 g/mol. The van der Waals surface area contributed by atoms with Crippen LogP contribution in [0.3, 0.4) is 0 Å². The molecule has 0 atom stereocenters. The number of ether oxygens (including phenoxy) is 1. The van der Waals surface area contributed by atoms with Crippen molar-refractivity contribution < 1.29 is 49.0 Å².